The van der Waals surface area contributed by atoms with E-state index in [1.165, 1.54) is 16.0 Å². The van der Waals surface area contributed by atoms with E-state index in [9.17, 15) is 0 Å². The Morgan fingerprint density at radius 1 is 1.00 bits per heavy atom. The highest BCUT2D eigenvalue weighted by atomic mass is 32.2. The Kier molecular flexibility index (Phi) is 5.49. The zero-order valence-electron chi connectivity index (χ0n) is 11.4. The number of hydrogen-bond acceptors (Lipinski definition) is 2. The summed E-state index contributed by atoms with van der Waals surface area (Å²) in [5.41, 5.74) is 8.55. The van der Waals surface area contributed by atoms with Crippen molar-refractivity contribution in [3.63, 3.8) is 0 Å². The van der Waals surface area contributed by atoms with E-state index < -0.39 is 0 Å². The van der Waals surface area contributed by atoms with Crippen LogP contribution in [0, 0.1) is 0 Å². The first-order valence-electron chi connectivity index (χ1n) is 6.71. The van der Waals surface area contributed by atoms with Crippen LogP contribution < -0.4 is 5.73 Å². The fourth-order valence-corrected chi connectivity index (χ4v) is 2.77. The Labute approximate surface area is 120 Å². The minimum atomic E-state index is 0.517. The first-order chi connectivity index (χ1) is 9.33. The molecule has 2 aromatic rings. The minimum absolute atomic E-state index is 0.517. The van der Waals surface area contributed by atoms with Gasteiger partial charge in [-0.2, -0.15) is 0 Å². The highest BCUT2D eigenvalue weighted by Gasteiger charge is 2.11. The molecule has 1 unspecified atom stereocenters. The molecule has 0 aliphatic heterocycles. The third-order valence-electron chi connectivity index (χ3n) is 3.43. The average Bonchev–Trinajstić information content (AvgIpc) is 2.48. The molecule has 0 radical (unpaired) electrons. The highest BCUT2D eigenvalue weighted by molar-refractivity contribution is 7.98. The van der Waals surface area contributed by atoms with Crippen LogP contribution in [0.25, 0.3) is 0 Å². The van der Waals surface area contributed by atoms with Gasteiger partial charge in [-0.05, 0) is 54.8 Å². The Bertz CT molecular complexity index is 478. The Balaban J connectivity index is 2.14. The van der Waals surface area contributed by atoms with Gasteiger partial charge in [0.05, 0.1) is 0 Å². The van der Waals surface area contributed by atoms with Crippen LogP contribution in [0.5, 0.6) is 0 Å². The van der Waals surface area contributed by atoms with E-state index in [-0.39, 0.29) is 0 Å². The lowest BCUT2D eigenvalue weighted by Gasteiger charge is -2.17. The van der Waals surface area contributed by atoms with E-state index in [1.54, 1.807) is 11.8 Å². The van der Waals surface area contributed by atoms with E-state index in [0.717, 1.165) is 19.4 Å². The molecule has 1 atom stereocenters. The van der Waals surface area contributed by atoms with Crippen molar-refractivity contribution in [2.45, 2.75) is 23.7 Å². The molecule has 2 aromatic carbocycles. The van der Waals surface area contributed by atoms with Gasteiger partial charge in [0.1, 0.15) is 0 Å². The van der Waals surface area contributed by atoms with Crippen molar-refractivity contribution < 1.29 is 0 Å². The summed E-state index contributed by atoms with van der Waals surface area (Å²) in [7, 11) is 0. The summed E-state index contributed by atoms with van der Waals surface area (Å²) in [6, 6.07) is 19.6. The maximum absolute atomic E-state index is 5.77. The molecule has 0 spiro atoms. The average molecular weight is 271 g/mol. The molecule has 0 bridgehead atoms. The molecule has 0 fully saturated rings. The van der Waals surface area contributed by atoms with Gasteiger partial charge in [-0.1, -0.05) is 42.5 Å². The summed E-state index contributed by atoms with van der Waals surface area (Å²) in [6.45, 7) is 0.738. The van der Waals surface area contributed by atoms with E-state index in [1.807, 2.05) is 0 Å². The lowest BCUT2D eigenvalue weighted by Crippen LogP contribution is -2.10. The molecule has 0 heterocycles. The second-order valence-electron chi connectivity index (χ2n) is 4.74. The van der Waals surface area contributed by atoms with Crippen molar-refractivity contribution in [1.29, 1.82) is 0 Å². The monoisotopic (exact) mass is 271 g/mol. The van der Waals surface area contributed by atoms with E-state index in [2.05, 4.69) is 60.9 Å². The zero-order valence-corrected chi connectivity index (χ0v) is 12.2. The molecule has 0 aromatic heterocycles. The number of hydrogen-bond donors (Lipinski definition) is 1. The molecular weight excluding hydrogens is 250 g/mol. The molecule has 2 heteroatoms. The topological polar surface area (TPSA) is 26.0 Å². The van der Waals surface area contributed by atoms with Crippen LogP contribution in [-0.4, -0.2) is 12.8 Å². The molecule has 0 saturated heterocycles. The molecule has 0 aliphatic carbocycles. The Hall–Kier alpha value is -1.25. The second-order valence-corrected chi connectivity index (χ2v) is 5.62. The van der Waals surface area contributed by atoms with Gasteiger partial charge in [-0.25, -0.2) is 0 Å². The molecular formula is C17H21NS. The van der Waals surface area contributed by atoms with Gasteiger partial charge < -0.3 is 5.73 Å². The maximum atomic E-state index is 5.77. The fourth-order valence-electron chi connectivity index (χ4n) is 2.36. The van der Waals surface area contributed by atoms with Crippen molar-refractivity contribution >= 4 is 11.8 Å². The molecule has 0 amide bonds. The Morgan fingerprint density at radius 3 is 2.26 bits per heavy atom. The molecule has 1 nitrogen and oxygen atoms in total. The third-order valence-corrected chi connectivity index (χ3v) is 4.17. The number of nitrogens with two attached hydrogens (primary N) is 1. The second kappa shape index (κ2) is 7.37. The van der Waals surface area contributed by atoms with E-state index in [0.29, 0.717) is 5.92 Å². The van der Waals surface area contributed by atoms with Crippen LogP contribution in [0.2, 0.25) is 0 Å². The van der Waals surface area contributed by atoms with Crippen molar-refractivity contribution in [3.05, 3.63) is 65.7 Å². The van der Waals surface area contributed by atoms with Crippen LogP contribution in [0.1, 0.15) is 23.5 Å². The van der Waals surface area contributed by atoms with E-state index >= 15 is 0 Å². The molecule has 2 rings (SSSR count). The molecule has 19 heavy (non-hydrogen) atoms. The number of benzene rings is 2. The quantitative estimate of drug-likeness (QED) is 0.801. The number of thioether (sulfide) groups is 1. The predicted molar refractivity (Wildman–Crippen MR) is 84.8 cm³/mol. The van der Waals surface area contributed by atoms with E-state index in [4.69, 9.17) is 5.73 Å². The summed E-state index contributed by atoms with van der Waals surface area (Å²) >= 11 is 1.78. The summed E-state index contributed by atoms with van der Waals surface area (Å²) in [4.78, 5) is 1.31. The summed E-state index contributed by atoms with van der Waals surface area (Å²) in [5.74, 6) is 0.517. The van der Waals surface area contributed by atoms with Crippen LogP contribution >= 0.6 is 11.8 Å². The van der Waals surface area contributed by atoms with Gasteiger partial charge in [0.15, 0.2) is 0 Å². The smallest absolute Gasteiger partial charge is 0.00693 e. The van der Waals surface area contributed by atoms with Crippen LogP contribution in [0.4, 0.5) is 0 Å². The summed E-state index contributed by atoms with van der Waals surface area (Å²) in [6.07, 6.45) is 4.21. The molecule has 2 N–H and O–H groups in total. The molecule has 0 saturated carbocycles. The fraction of sp³-hybridized carbons (Fsp3) is 0.294. The maximum Gasteiger partial charge on any atom is 0.00693 e. The van der Waals surface area contributed by atoms with Crippen molar-refractivity contribution in [3.8, 4) is 0 Å². The third kappa shape index (κ3) is 4.12. The van der Waals surface area contributed by atoms with Gasteiger partial charge in [-0.15, -0.1) is 11.8 Å². The highest BCUT2D eigenvalue weighted by Crippen LogP contribution is 2.26. The zero-order chi connectivity index (χ0) is 13.5. The molecule has 100 valence electrons. The van der Waals surface area contributed by atoms with Crippen LogP contribution in [0.3, 0.4) is 0 Å². The SMILES string of the molecule is CSc1ccc(C(CCN)Cc2ccccc2)cc1. The van der Waals surface area contributed by atoms with Gasteiger partial charge in [0, 0.05) is 4.90 Å². The molecule has 0 aliphatic rings. The van der Waals surface area contributed by atoms with Crippen molar-refractivity contribution in [2.24, 2.45) is 5.73 Å². The summed E-state index contributed by atoms with van der Waals surface area (Å²) < 4.78 is 0. The predicted octanol–water partition coefficient (Wildman–Crippen LogP) is 4.08. The summed E-state index contributed by atoms with van der Waals surface area (Å²) in [5, 5.41) is 0. The van der Waals surface area contributed by atoms with Crippen molar-refractivity contribution in [1.82, 2.24) is 0 Å². The van der Waals surface area contributed by atoms with Gasteiger partial charge in [0.25, 0.3) is 0 Å². The van der Waals surface area contributed by atoms with Gasteiger partial charge >= 0.3 is 0 Å². The minimum Gasteiger partial charge on any atom is -0.330 e. The van der Waals surface area contributed by atoms with Gasteiger partial charge in [-0.3, -0.25) is 0 Å². The van der Waals surface area contributed by atoms with Crippen LogP contribution in [0.15, 0.2) is 59.5 Å². The standard InChI is InChI=1S/C17H21NS/c1-19-17-9-7-15(8-10-17)16(11-12-18)13-14-5-3-2-4-6-14/h2-10,16H,11-13,18H2,1H3. The lowest BCUT2D eigenvalue weighted by molar-refractivity contribution is 0.629. The first-order valence-corrected chi connectivity index (χ1v) is 7.94. The first kappa shape index (κ1) is 14.2. The normalized spacial score (nSPS) is 12.3. The van der Waals surface area contributed by atoms with Crippen molar-refractivity contribution in [2.75, 3.05) is 12.8 Å². The lowest BCUT2D eigenvalue weighted by atomic mass is 9.89. The number of rotatable bonds is 6. The largest absolute Gasteiger partial charge is 0.330 e. The Morgan fingerprint density at radius 2 is 1.68 bits per heavy atom. The van der Waals surface area contributed by atoms with Gasteiger partial charge in [0.2, 0.25) is 0 Å². The van der Waals surface area contributed by atoms with Crippen LogP contribution in [-0.2, 0) is 6.42 Å².